The molecule has 5 nitrogen and oxygen atoms in total. The summed E-state index contributed by atoms with van der Waals surface area (Å²) in [5, 5.41) is 21.3. The van der Waals surface area contributed by atoms with Crippen LogP contribution in [0.25, 0.3) is 22.4 Å². The molecule has 2 aromatic carbocycles. The third-order valence-electron chi connectivity index (χ3n) is 4.71. The lowest BCUT2D eigenvalue weighted by Crippen LogP contribution is -1.93. The van der Waals surface area contributed by atoms with Gasteiger partial charge in [-0.05, 0) is 71.0 Å². The Hall–Kier alpha value is -3.08. The van der Waals surface area contributed by atoms with E-state index in [9.17, 15) is 15.2 Å². The summed E-state index contributed by atoms with van der Waals surface area (Å²) in [5.41, 5.74) is 5.95. The lowest BCUT2D eigenvalue weighted by molar-refractivity contribution is -0.384. The van der Waals surface area contributed by atoms with E-state index < -0.39 is 4.92 Å². The van der Waals surface area contributed by atoms with Crippen LogP contribution in [0.3, 0.4) is 0 Å². The summed E-state index contributed by atoms with van der Waals surface area (Å²) >= 11 is 0. The van der Waals surface area contributed by atoms with E-state index in [1.54, 1.807) is 12.1 Å². The molecule has 0 saturated heterocycles. The number of rotatable bonds is 7. The van der Waals surface area contributed by atoms with Gasteiger partial charge in [0.15, 0.2) is 0 Å². The van der Waals surface area contributed by atoms with Crippen molar-refractivity contribution in [3.8, 4) is 28.1 Å². The van der Waals surface area contributed by atoms with E-state index in [1.807, 2.05) is 24.4 Å². The number of benzene rings is 2. The zero-order valence-corrected chi connectivity index (χ0v) is 15.7. The number of nitro groups is 1. The highest BCUT2D eigenvalue weighted by Crippen LogP contribution is 2.33. The third-order valence-corrected chi connectivity index (χ3v) is 4.71. The van der Waals surface area contributed by atoms with Crippen LogP contribution in [-0.4, -0.2) is 15.0 Å². The van der Waals surface area contributed by atoms with Gasteiger partial charge in [0.05, 0.1) is 4.92 Å². The van der Waals surface area contributed by atoms with Gasteiger partial charge in [-0.15, -0.1) is 0 Å². The molecule has 1 aromatic heterocycles. The van der Waals surface area contributed by atoms with Crippen LogP contribution in [0.2, 0.25) is 0 Å². The molecule has 3 rings (SSSR count). The van der Waals surface area contributed by atoms with Crippen LogP contribution >= 0.6 is 0 Å². The summed E-state index contributed by atoms with van der Waals surface area (Å²) in [6, 6.07) is 12.7. The van der Waals surface area contributed by atoms with Crippen LogP contribution < -0.4 is 0 Å². The van der Waals surface area contributed by atoms with Crippen LogP contribution in [0.15, 0.2) is 48.7 Å². The van der Waals surface area contributed by atoms with Gasteiger partial charge in [-0.25, -0.2) is 0 Å². The van der Waals surface area contributed by atoms with Gasteiger partial charge in [0.1, 0.15) is 5.75 Å². The smallest absolute Gasteiger partial charge is 0.269 e. The summed E-state index contributed by atoms with van der Waals surface area (Å²) in [6.45, 7) is 4.21. The molecule has 3 aromatic rings. The van der Waals surface area contributed by atoms with E-state index in [2.05, 4.69) is 18.8 Å². The number of nitrogens with one attached hydrogen (secondary N) is 1. The highest BCUT2D eigenvalue weighted by molar-refractivity contribution is 5.73. The topological polar surface area (TPSA) is 79.2 Å². The maximum atomic E-state index is 10.8. The molecule has 27 heavy (non-hydrogen) atoms. The van der Waals surface area contributed by atoms with Crippen molar-refractivity contribution in [2.75, 3.05) is 0 Å². The summed E-state index contributed by atoms with van der Waals surface area (Å²) in [6.07, 6.45) is 5.53. The molecule has 0 aliphatic rings. The molecule has 0 fully saturated rings. The van der Waals surface area contributed by atoms with Gasteiger partial charge >= 0.3 is 0 Å². The van der Waals surface area contributed by atoms with Crippen molar-refractivity contribution in [3.63, 3.8) is 0 Å². The van der Waals surface area contributed by atoms with Gasteiger partial charge in [-0.1, -0.05) is 26.7 Å². The van der Waals surface area contributed by atoms with Gasteiger partial charge in [0, 0.05) is 24.0 Å². The van der Waals surface area contributed by atoms with E-state index in [4.69, 9.17) is 0 Å². The zero-order chi connectivity index (χ0) is 19.4. The molecule has 0 atom stereocenters. The second-order valence-corrected chi connectivity index (χ2v) is 6.75. The molecule has 0 spiro atoms. The van der Waals surface area contributed by atoms with Gasteiger partial charge in [0.25, 0.3) is 5.69 Å². The summed E-state index contributed by atoms with van der Waals surface area (Å²) in [7, 11) is 0. The Bertz CT molecular complexity index is 915. The molecule has 5 heteroatoms. The largest absolute Gasteiger partial charge is 0.507 e. The van der Waals surface area contributed by atoms with E-state index >= 15 is 0 Å². The summed E-state index contributed by atoms with van der Waals surface area (Å²) < 4.78 is 0. The number of phenolic OH excluding ortho intramolecular Hbond substituents is 1. The van der Waals surface area contributed by atoms with E-state index in [0.717, 1.165) is 59.2 Å². The molecule has 0 unspecified atom stereocenters. The molecule has 0 amide bonds. The quantitative estimate of drug-likeness (QED) is 0.406. The number of aromatic hydroxyl groups is 1. The zero-order valence-electron chi connectivity index (χ0n) is 15.7. The maximum absolute atomic E-state index is 10.8. The minimum absolute atomic E-state index is 0.0847. The van der Waals surface area contributed by atoms with Crippen molar-refractivity contribution >= 4 is 5.69 Å². The fourth-order valence-corrected chi connectivity index (χ4v) is 3.34. The number of hydrogen-bond donors (Lipinski definition) is 2. The number of aromatic nitrogens is 1. The highest BCUT2D eigenvalue weighted by Gasteiger charge is 2.12. The average Bonchev–Trinajstić information content (AvgIpc) is 3.15. The van der Waals surface area contributed by atoms with Gasteiger partial charge in [-0.3, -0.25) is 10.1 Å². The molecular weight excluding hydrogens is 340 g/mol. The van der Waals surface area contributed by atoms with Crippen LogP contribution in [-0.2, 0) is 12.8 Å². The van der Waals surface area contributed by atoms with Crippen molar-refractivity contribution in [2.24, 2.45) is 0 Å². The Labute approximate surface area is 158 Å². The Morgan fingerprint density at radius 2 is 1.52 bits per heavy atom. The Morgan fingerprint density at radius 3 is 2.04 bits per heavy atom. The third kappa shape index (κ3) is 4.03. The SMILES string of the molecule is CCCc1cc(-c2cc(-c3ccc([N+](=O)[O-])cc3)c[nH]2)cc(CCC)c1O. The number of aryl methyl sites for hydroxylation is 2. The van der Waals surface area contributed by atoms with Crippen molar-refractivity contribution in [3.05, 3.63) is 69.9 Å². The van der Waals surface area contributed by atoms with Crippen molar-refractivity contribution in [1.29, 1.82) is 0 Å². The molecule has 2 N–H and O–H groups in total. The highest BCUT2D eigenvalue weighted by atomic mass is 16.6. The van der Waals surface area contributed by atoms with Crippen LogP contribution in [0.1, 0.15) is 37.8 Å². The Morgan fingerprint density at radius 1 is 0.926 bits per heavy atom. The lowest BCUT2D eigenvalue weighted by atomic mass is 9.96. The van der Waals surface area contributed by atoms with Gasteiger partial charge < -0.3 is 10.1 Å². The first-order chi connectivity index (χ1) is 13.0. The first-order valence-electron chi connectivity index (χ1n) is 9.31. The molecular formula is C22H24N2O3. The molecule has 0 bridgehead atoms. The first-order valence-corrected chi connectivity index (χ1v) is 9.31. The Kier molecular flexibility index (Phi) is 5.60. The predicted octanol–water partition coefficient (Wildman–Crippen LogP) is 5.87. The summed E-state index contributed by atoms with van der Waals surface area (Å²) in [5.74, 6) is 0.421. The number of nitro benzene ring substituents is 1. The minimum Gasteiger partial charge on any atom is -0.507 e. The lowest BCUT2D eigenvalue weighted by Gasteiger charge is -2.12. The number of non-ortho nitro benzene ring substituents is 1. The fraction of sp³-hybridized carbons (Fsp3) is 0.273. The minimum atomic E-state index is -0.396. The fourth-order valence-electron chi connectivity index (χ4n) is 3.34. The van der Waals surface area contributed by atoms with Gasteiger partial charge in [-0.2, -0.15) is 0 Å². The molecule has 0 aliphatic carbocycles. The number of aromatic amines is 1. The van der Waals surface area contributed by atoms with E-state index in [-0.39, 0.29) is 5.69 Å². The van der Waals surface area contributed by atoms with Crippen molar-refractivity contribution in [1.82, 2.24) is 4.98 Å². The number of nitrogens with zero attached hydrogens (tertiary/aromatic N) is 1. The second-order valence-electron chi connectivity index (χ2n) is 6.75. The first kappa shape index (κ1) is 18.7. The molecule has 0 saturated carbocycles. The average molecular weight is 364 g/mol. The number of H-pyrrole nitrogens is 1. The van der Waals surface area contributed by atoms with Gasteiger partial charge in [0.2, 0.25) is 0 Å². The van der Waals surface area contributed by atoms with Crippen molar-refractivity contribution < 1.29 is 10.0 Å². The summed E-state index contributed by atoms with van der Waals surface area (Å²) in [4.78, 5) is 13.7. The predicted molar refractivity (Wildman–Crippen MR) is 108 cm³/mol. The second kappa shape index (κ2) is 8.08. The normalized spacial score (nSPS) is 10.9. The maximum Gasteiger partial charge on any atom is 0.269 e. The molecule has 0 radical (unpaired) electrons. The van der Waals surface area contributed by atoms with E-state index in [0.29, 0.717) is 5.75 Å². The molecule has 140 valence electrons. The van der Waals surface area contributed by atoms with E-state index in [1.165, 1.54) is 12.1 Å². The number of hydrogen-bond acceptors (Lipinski definition) is 3. The Balaban J connectivity index is 1.96. The standard InChI is InChI=1S/C22H24N2O3/c1-3-5-16-11-18(12-17(6-4-2)22(16)25)21-13-19(14-23-21)15-7-9-20(10-8-15)24(26)27/h7-14,23,25H,3-6H2,1-2H3. The number of phenols is 1. The monoisotopic (exact) mass is 364 g/mol. The molecule has 1 heterocycles. The van der Waals surface area contributed by atoms with Crippen LogP contribution in [0.4, 0.5) is 5.69 Å². The molecule has 0 aliphatic heterocycles. The van der Waals surface area contributed by atoms with Crippen LogP contribution in [0, 0.1) is 10.1 Å². The van der Waals surface area contributed by atoms with Crippen LogP contribution in [0.5, 0.6) is 5.75 Å². The van der Waals surface area contributed by atoms with Crippen molar-refractivity contribution in [2.45, 2.75) is 39.5 Å².